The van der Waals surface area contributed by atoms with Gasteiger partial charge in [0.25, 0.3) is 5.95 Å². The van der Waals surface area contributed by atoms with E-state index >= 15 is 0 Å². The number of hydrogen-bond donors (Lipinski definition) is 1. The number of hydrogen-bond acceptors (Lipinski definition) is 2. The summed E-state index contributed by atoms with van der Waals surface area (Å²) < 4.78 is 4.91. The summed E-state index contributed by atoms with van der Waals surface area (Å²) in [4.78, 5) is 0. The molecule has 1 aliphatic carbocycles. The van der Waals surface area contributed by atoms with Crippen LogP contribution in [0.25, 0.3) is 0 Å². The summed E-state index contributed by atoms with van der Waals surface area (Å²) in [6.45, 7) is 4.25. The standard InChI is InChI=1S/C11H14O2/c1-3-13-11(12)8-9(2)10-6-4-5-7-10/h4-8,12H,3H2,1-2H3. The van der Waals surface area contributed by atoms with Gasteiger partial charge in [-0.25, -0.2) is 0 Å². The van der Waals surface area contributed by atoms with Crippen LogP contribution in [0.15, 0.2) is 47.5 Å². The van der Waals surface area contributed by atoms with Crippen molar-refractivity contribution in [1.29, 1.82) is 0 Å². The molecule has 13 heavy (non-hydrogen) atoms. The predicted molar refractivity (Wildman–Crippen MR) is 53.3 cm³/mol. The Morgan fingerprint density at radius 3 is 2.62 bits per heavy atom. The predicted octanol–water partition coefficient (Wildman–Crippen LogP) is 2.86. The fourth-order valence-corrected chi connectivity index (χ4v) is 1.09. The maximum atomic E-state index is 9.24. The fraction of sp³-hybridized carbons (Fsp3) is 0.273. The first-order chi connectivity index (χ1) is 6.24. The molecule has 0 bridgehead atoms. The van der Waals surface area contributed by atoms with E-state index in [1.54, 1.807) is 6.08 Å². The Morgan fingerprint density at radius 2 is 2.08 bits per heavy atom. The number of rotatable bonds is 3. The van der Waals surface area contributed by atoms with E-state index in [0.29, 0.717) is 6.61 Å². The van der Waals surface area contributed by atoms with Crippen LogP contribution >= 0.6 is 0 Å². The molecule has 0 aliphatic heterocycles. The Bertz CT molecular complexity index is 279. The molecule has 0 aromatic heterocycles. The van der Waals surface area contributed by atoms with E-state index in [1.807, 2.05) is 38.2 Å². The van der Waals surface area contributed by atoms with E-state index in [2.05, 4.69) is 0 Å². The molecular weight excluding hydrogens is 164 g/mol. The second kappa shape index (κ2) is 4.55. The zero-order valence-electron chi connectivity index (χ0n) is 7.95. The monoisotopic (exact) mass is 178 g/mol. The second-order valence-electron chi connectivity index (χ2n) is 2.77. The van der Waals surface area contributed by atoms with E-state index in [1.165, 1.54) is 0 Å². The zero-order valence-corrected chi connectivity index (χ0v) is 7.95. The van der Waals surface area contributed by atoms with Gasteiger partial charge in [-0.15, -0.1) is 0 Å². The molecule has 0 atom stereocenters. The minimum Gasteiger partial charge on any atom is -0.481 e. The first-order valence-electron chi connectivity index (χ1n) is 4.33. The number of allylic oxidation sites excluding steroid dienone is 7. The summed E-state index contributed by atoms with van der Waals surface area (Å²) in [6.07, 6.45) is 9.53. The molecule has 0 aromatic carbocycles. The lowest BCUT2D eigenvalue weighted by atomic mass is 10.1. The molecule has 2 heteroatoms. The van der Waals surface area contributed by atoms with Crippen LogP contribution in [0.5, 0.6) is 0 Å². The van der Waals surface area contributed by atoms with Gasteiger partial charge in [0, 0.05) is 6.08 Å². The van der Waals surface area contributed by atoms with Gasteiger partial charge < -0.3 is 9.84 Å². The van der Waals surface area contributed by atoms with Gasteiger partial charge >= 0.3 is 0 Å². The Morgan fingerprint density at radius 1 is 1.46 bits per heavy atom. The third-order valence-corrected chi connectivity index (χ3v) is 1.75. The summed E-state index contributed by atoms with van der Waals surface area (Å²) in [5, 5.41) is 9.24. The van der Waals surface area contributed by atoms with Crippen molar-refractivity contribution < 1.29 is 9.84 Å². The fourth-order valence-electron chi connectivity index (χ4n) is 1.09. The lowest BCUT2D eigenvalue weighted by molar-refractivity contribution is 0.102. The van der Waals surface area contributed by atoms with Crippen LogP contribution in [0.4, 0.5) is 0 Å². The van der Waals surface area contributed by atoms with Crippen LogP contribution in [0.2, 0.25) is 0 Å². The molecule has 2 nitrogen and oxygen atoms in total. The highest BCUT2D eigenvalue weighted by Crippen LogP contribution is 2.14. The van der Waals surface area contributed by atoms with Crippen LogP contribution in [0.1, 0.15) is 13.8 Å². The lowest BCUT2D eigenvalue weighted by Crippen LogP contribution is -1.90. The van der Waals surface area contributed by atoms with Gasteiger partial charge in [-0.3, -0.25) is 0 Å². The smallest absolute Gasteiger partial charge is 0.276 e. The second-order valence-corrected chi connectivity index (χ2v) is 2.77. The largest absolute Gasteiger partial charge is 0.481 e. The van der Waals surface area contributed by atoms with Crippen molar-refractivity contribution in [3.05, 3.63) is 47.5 Å². The summed E-state index contributed by atoms with van der Waals surface area (Å²) in [5.41, 5.74) is 2.10. The van der Waals surface area contributed by atoms with Crippen molar-refractivity contribution in [3.63, 3.8) is 0 Å². The zero-order chi connectivity index (χ0) is 9.68. The summed E-state index contributed by atoms with van der Waals surface area (Å²) in [7, 11) is 0. The molecular formula is C11H14O2. The molecule has 70 valence electrons. The molecule has 1 N–H and O–H groups in total. The van der Waals surface area contributed by atoms with Gasteiger partial charge in [0.2, 0.25) is 0 Å². The highest BCUT2D eigenvalue weighted by Gasteiger charge is 1.98. The number of aliphatic hydroxyl groups excluding tert-OH is 1. The highest BCUT2D eigenvalue weighted by atomic mass is 16.6. The molecule has 0 saturated carbocycles. The molecule has 1 aliphatic rings. The van der Waals surface area contributed by atoms with Crippen molar-refractivity contribution in [2.45, 2.75) is 13.8 Å². The first-order valence-corrected chi connectivity index (χ1v) is 4.33. The molecule has 0 saturated heterocycles. The van der Waals surface area contributed by atoms with Crippen LogP contribution in [0, 0.1) is 0 Å². The van der Waals surface area contributed by atoms with Crippen molar-refractivity contribution in [3.8, 4) is 0 Å². The topological polar surface area (TPSA) is 29.5 Å². The summed E-state index contributed by atoms with van der Waals surface area (Å²) in [5.74, 6) is -0.0267. The molecule has 0 amide bonds. The number of ether oxygens (including phenoxy) is 1. The molecule has 1 rings (SSSR count). The Balaban J connectivity index is 2.73. The van der Waals surface area contributed by atoms with E-state index in [4.69, 9.17) is 4.74 Å². The molecule has 0 heterocycles. The molecule has 0 unspecified atom stereocenters. The summed E-state index contributed by atoms with van der Waals surface area (Å²) in [6, 6.07) is 0. The maximum absolute atomic E-state index is 9.24. The van der Waals surface area contributed by atoms with E-state index in [-0.39, 0.29) is 5.95 Å². The third-order valence-electron chi connectivity index (χ3n) is 1.75. The molecule has 0 spiro atoms. The van der Waals surface area contributed by atoms with Crippen LogP contribution < -0.4 is 0 Å². The van der Waals surface area contributed by atoms with E-state index in [9.17, 15) is 5.11 Å². The quantitative estimate of drug-likeness (QED) is 0.673. The SMILES string of the molecule is CCOC(O)=CC(C)=C1C=CC=C1. The highest BCUT2D eigenvalue weighted by molar-refractivity contribution is 5.46. The van der Waals surface area contributed by atoms with E-state index < -0.39 is 0 Å². The average molecular weight is 178 g/mol. The van der Waals surface area contributed by atoms with Gasteiger partial charge in [-0.1, -0.05) is 24.3 Å². The van der Waals surface area contributed by atoms with Gasteiger partial charge in [-0.05, 0) is 25.0 Å². The average Bonchev–Trinajstić information content (AvgIpc) is 2.55. The molecule has 0 radical (unpaired) electrons. The van der Waals surface area contributed by atoms with Crippen molar-refractivity contribution >= 4 is 0 Å². The minimum atomic E-state index is -0.0267. The van der Waals surface area contributed by atoms with E-state index in [0.717, 1.165) is 11.1 Å². The Labute approximate surface area is 78.5 Å². The molecule has 0 fully saturated rings. The Kier molecular flexibility index (Phi) is 3.38. The number of aliphatic hydroxyl groups is 1. The minimum absolute atomic E-state index is 0.0267. The lowest BCUT2D eigenvalue weighted by Gasteiger charge is -2.01. The van der Waals surface area contributed by atoms with Crippen molar-refractivity contribution in [1.82, 2.24) is 0 Å². The summed E-state index contributed by atoms with van der Waals surface area (Å²) >= 11 is 0. The van der Waals surface area contributed by atoms with Crippen molar-refractivity contribution in [2.24, 2.45) is 0 Å². The van der Waals surface area contributed by atoms with Gasteiger partial charge in [0.1, 0.15) is 0 Å². The Hall–Kier alpha value is -1.44. The normalized spacial score (nSPS) is 15.2. The van der Waals surface area contributed by atoms with Gasteiger partial charge in [0.05, 0.1) is 6.61 Å². The third kappa shape index (κ3) is 2.82. The first kappa shape index (κ1) is 9.65. The van der Waals surface area contributed by atoms with Gasteiger partial charge in [0.15, 0.2) is 0 Å². The van der Waals surface area contributed by atoms with Crippen molar-refractivity contribution in [2.75, 3.05) is 6.61 Å². The van der Waals surface area contributed by atoms with Gasteiger partial charge in [-0.2, -0.15) is 0 Å². The molecule has 0 aromatic rings. The van der Waals surface area contributed by atoms with Crippen LogP contribution in [-0.2, 0) is 4.74 Å². The van der Waals surface area contributed by atoms with Crippen LogP contribution in [0.3, 0.4) is 0 Å². The maximum Gasteiger partial charge on any atom is 0.276 e. The van der Waals surface area contributed by atoms with Crippen LogP contribution in [-0.4, -0.2) is 11.7 Å².